The molecular weight excluding hydrogens is 194 g/mol. The zero-order valence-electron chi connectivity index (χ0n) is 8.47. The Morgan fingerprint density at radius 3 is 3.13 bits per heavy atom. The van der Waals surface area contributed by atoms with E-state index in [9.17, 15) is 5.11 Å². The van der Waals surface area contributed by atoms with Crippen molar-refractivity contribution in [3.05, 3.63) is 18.3 Å². The van der Waals surface area contributed by atoms with Crippen LogP contribution in [-0.2, 0) is 4.74 Å². The Labute approximate surface area is 88.5 Å². The fourth-order valence-electron chi connectivity index (χ4n) is 1.61. The SMILES string of the molecule is Nc1ccc(N2CCOCC(O)C2)cn1. The molecule has 0 bridgehead atoms. The van der Waals surface area contributed by atoms with Crippen LogP contribution in [0.3, 0.4) is 0 Å². The van der Waals surface area contributed by atoms with Crippen LogP contribution in [0.1, 0.15) is 0 Å². The summed E-state index contributed by atoms with van der Waals surface area (Å²) in [6, 6.07) is 3.66. The van der Waals surface area contributed by atoms with Crippen molar-refractivity contribution in [3.63, 3.8) is 0 Å². The van der Waals surface area contributed by atoms with Crippen LogP contribution in [0.2, 0.25) is 0 Å². The van der Waals surface area contributed by atoms with E-state index in [-0.39, 0.29) is 0 Å². The molecule has 0 aliphatic carbocycles. The van der Waals surface area contributed by atoms with E-state index in [0.29, 0.717) is 25.6 Å². The first-order chi connectivity index (χ1) is 7.25. The summed E-state index contributed by atoms with van der Waals surface area (Å²) in [5.74, 6) is 0.505. The first-order valence-electron chi connectivity index (χ1n) is 4.98. The fourth-order valence-corrected chi connectivity index (χ4v) is 1.61. The Kier molecular flexibility index (Phi) is 3.03. The van der Waals surface area contributed by atoms with E-state index in [1.54, 1.807) is 12.3 Å². The number of aliphatic hydroxyl groups is 1. The molecule has 3 N–H and O–H groups in total. The molecule has 0 aromatic carbocycles. The Bertz CT molecular complexity index is 315. The molecule has 5 heteroatoms. The highest BCUT2D eigenvalue weighted by atomic mass is 16.5. The number of nitrogen functional groups attached to an aromatic ring is 1. The zero-order chi connectivity index (χ0) is 10.7. The van der Waals surface area contributed by atoms with Gasteiger partial charge in [0.2, 0.25) is 0 Å². The summed E-state index contributed by atoms with van der Waals surface area (Å²) in [5.41, 5.74) is 6.48. The molecule has 1 saturated heterocycles. The number of β-amino-alcohol motifs (C(OH)–C–C–N with tert-alkyl or cyclic N) is 1. The molecule has 0 radical (unpaired) electrons. The molecule has 15 heavy (non-hydrogen) atoms. The second-order valence-corrected chi connectivity index (χ2v) is 3.62. The minimum absolute atomic E-state index is 0.402. The van der Waals surface area contributed by atoms with E-state index < -0.39 is 6.10 Å². The zero-order valence-corrected chi connectivity index (χ0v) is 8.47. The van der Waals surface area contributed by atoms with Gasteiger partial charge in [-0.15, -0.1) is 0 Å². The number of nitrogens with two attached hydrogens (primary N) is 1. The maximum atomic E-state index is 9.56. The van der Waals surface area contributed by atoms with Crippen LogP contribution in [0.25, 0.3) is 0 Å². The van der Waals surface area contributed by atoms with Crippen LogP contribution >= 0.6 is 0 Å². The fraction of sp³-hybridized carbons (Fsp3) is 0.500. The van der Waals surface area contributed by atoms with E-state index in [2.05, 4.69) is 4.98 Å². The number of hydrogen-bond donors (Lipinski definition) is 2. The number of pyridine rings is 1. The molecule has 0 saturated carbocycles. The van der Waals surface area contributed by atoms with Crippen molar-refractivity contribution in [1.82, 2.24) is 4.98 Å². The number of ether oxygens (including phenoxy) is 1. The van der Waals surface area contributed by atoms with Crippen molar-refractivity contribution < 1.29 is 9.84 Å². The molecule has 1 aromatic rings. The van der Waals surface area contributed by atoms with Gasteiger partial charge in [-0.05, 0) is 12.1 Å². The molecule has 0 amide bonds. The Morgan fingerprint density at radius 1 is 1.53 bits per heavy atom. The number of nitrogens with zero attached hydrogens (tertiary/aromatic N) is 2. The van der Waals surface area contributed by atoms with Crippen molar-refractivity contribution >= 4 is 11.5 Å². The molecule has 2 rings (SSSR count). The second kappa shape index (κ2) is 4.46. The maximum Gasteiger partial charge on any atom is 0.123 e. The number of rotatable bonds is 1. The van der Waals surface area contributed by atoms with Gasteiger partial charge in [-0.1, -0.05) is 0 Å². The normalized spacial score (nSPS) is 22.5. The molecule has 1 aliphatic heterocycles. The van der Waals surface area contributed by atoms with Crippen molar-refractivity contribution in [1.29, 1.82) is 0 Å². The lowest BCUT2D eigenvalue weighted by Gasteiger charge is -2.23. The van der Waals surface area contributed by atoms with Gasteiger partial charge in [0, 0.05) is 13.1 Å². The lowest BCUT2D eigenvalue weighted by Crippen LogP contribution is -2.32. The highest BCUT2D eigenvalue weighted by molar-refractivity contribution is 5.48. The molecule has 1 fully saturated rings. The molecule has 1 aliphatic rings. The second-order valence-electron chi connectivity index (χ2n) is 3.62. The first kappa shape index (κ1) is 10.2. The van der Waals surface area contributed by atoms with E-state index >= 15 is 0 Å². The predicted molar refractivity (Wildman–Crippen MR) is 57.7 cm³/mol. The van der Waals surface area contributed by atoms with Crippen molar-refractivity contribution in [2.75, 3.05) is 36.9 Å². The van der Waals surface area contributed by atoms with Crippen LogP contribution in [0, 0.1) is 0 Å². The largest absolute Gasteiger partial charge is 0.389 e. The summed E-state index contributed by atoms with van der Waals surface area (Å²) >= 11 is 0. The van der Waals surface area contributed by atoms with Crippen molar-refractivity contribution in [2.45, 2.75) is 6.10 Å². The minimum Gasteiger partial charge on any atom is -0.389 e. The molecule has 5 nitrogen and oxygen atoms in total. The molecule has 1 atom stereocenters. The third-order valence-electron chi connectivity index (χ3n) is 2.38. The molecule has 0 spiro atoms. The highest BCUT2D eigenvalue weighted by Gasteiger charge is 2.16. The summed E-state index contributed by atoms with van der Waals surface area (Å²) in [4.78, 5) is 6.07. The molecule has 2 heterocycles. The summed E-state index contributed by atoms with van der Waals surface area (Å²) < 4.78 is 5.25. The van der Waals surface area contributed by atoms with Crippen molar-refractivity contribution in [2.24, 2.45) is 0 Å². The van der Waals surface area contributed by atoms with Crippen LogP contribution in [-0.4, -0.2) is 42.5 Å². The number of anilines is 2. The van der Waals surface area contributed by atoms with E-state index in [0.717, 1.165) is 12.2 Å². The predicted octanol–water partition coefficient (Wildman–Crippen LogP) is -0.139. The molecule has 1 unspecified atom stereocenters. The van der Waals surface area contributed by atoms with Gasteiger partial charge >= 0.3 is 0 Å². The highest BCUT2D eigenvalue weighted by Crippen LogP contribution is 2.15. The Morgan fingerprint density at radius 2 is 2.40 bits per heavy atom. The van der Waals surface area contributed by atoms with Gasteiger partial charge in [-0.3, -0.25) is 0 Å². The van der Waals surface area contributed by atoms with Gasteiger partial charge in [-0.25, -0.2) is 4.98 Å². The van der Waals surface area contributed by atoms with Crippen LogP contribution in [0.5, 0.6) is 0 Å². The van der Waals surface area contributed by atoms with Gasteiger partial charge in [0.15, 0.2) is 0 Å². The average molecular weight is 209 g/mol. The number of aromatic nitrogens is 1. The standard InChI is InChI=1S/C10H15N3O2/c11-10-2-1-8(5-12-10)13-3-4-15-7-9(14)6-13/h1-2,5,9,14H,3-4,6-7H2,(H2,11,12). The van der Waals surface area contributed by atoms with Gasteiger partial charge < -0.3 is 20.5 Å². The maximum absolute atomic E-state index is 9.56. The van der Waals surface area contributed by atoms with Crippen LogP contribution in [0.4, 0.5) is 11.5 Å². The Balaban J connectivity index is 2.11. The van der Waals surface area contributed by atoms with Gasteiger partial charge in [0.05, 0.1) is 31.2 Å². The lowest BCUT2D eigenvalue weighted by atomic mass is 10.3. The summed E-state index contributed by atoms with van der Waals surface area (Å²) in [6.07, 6.45) is 1.28. The molecule has 1 aromatic heterocycles. The Hall–Kier alpha value is -1.33. The third-order valence-corrected chi connectivity index (χ3v) is 2.38. The monoisotopic (exact) mass is 209 g/mol. The topological polar surface area (TPSA) is 71.6 Å². The quantitative estimate of drug-likeness (QED) is 0.673. The van der Waals surface area contributed by atoms with Gasteiger partial charge in [0.1, 0.15) is 5.82 Å². The molecule has 82 valence electrons. The summed E-state index contributed by atoms with van der Waals surface area (Å²) in [7, 11) is 0. The van der Waals surface area contributed by atoms with E-state index in [4.69, 9.17) is 10.5 Å². The summed E-state index contributed by atoms with van der Waals surface area (Å²) in [6.45, 7) is 2.37. The van der Waals surface area contributed by atoms with E-state index in [1.807, 2.05) is 11.0 Å². The van der Waals surface area contributed by atoms with E-state index in [1.165, 1.54) is 0 Å². The van der Waals surface area contributed by atoms with Crippen molar-refractivity contribution in [3.8, 4) is 0 Å². The van der Waals surface area contributed by atoms with Crippen LogP contribution < -0.4 is 10.6 Å². The lowest BCUT2D eigenvalue weighted by molar-refractivity contribution is 0.0597. The minimum atomic E-state index is -0.440. The third kappa shape index (κ3) is 2.57. The number of hydrogen-bond acceptors (Lipinski definition) is 5. The summed E-state index contributed by atoms with van der Waals surface area (Å²) in [5, 5.41) is 9.56. The molecular formula is C10H15N3O2. The average Bonchev–Trinajstić information content (AvgIpc) is 2.44. The number of aliphatic hydroxyl groups excluding tert-OH is 1. The van der Waals surface area contributed by atoms with Crippen LogP contribution in [0.15, 0.2) is 18.3 Å². The van der Waals surface area contributed by atoms with Gasteiger partial charge in [0.25, 0.3) is 0 Å². The first-order valence-corrected chi connectivity index (χ1v) is 4.98. The van der Waals surface area contributed by atoms with Gasteiger partial charge in [-0.2, -0.15) is 0 Å². The smallest absolute Gasteiger partial charge is 0.123 e.